The van der Waals surface area contributed by atoms with Crippen molar-refractivity contribution < 1.29 is 5.11 Å². The number of hydrogen-bond acceptors (Lipinski definition) is 1. The third-order valence-corrected chi connectivity index (χ3v) is 3.49. The first-order valence-corrected chi connectivity index (χ1v) is 5.53. The van der Waals surface area contributed by atoms with Crippen LogP contribution in [0.25, 0.3) is 0 Å². The molecule has 1 aromatic rings. The Bertz CT molecular complexity index is 362. The van der Waals surface area contributed by atoms with E-state index in [1.54, 1.807) is 0 Å². The largest absolute Gasteiger partial charge is 0.507 e. The normalized spacial score (nSPS) is 11.9. The van der Waals surface area contributed by atoms with Crippen LogP contribution >= 0.6 is 15.9 Å². The van der Waals surface area contributed by atoms with Crippen LogP contribution in [0.15, 0.2) is 10.5 Å². The quantitative estimate of drug-likeness (QED) is 0.742. The van der Waals surface area contributed by atoms with Gasteiger partial charge in [-0.1, -0.05) is 42.8 Å². The molecule has 0 amide bonds. The summed E-state index contributed by atoms with van der Waals surface area (Å²) in [5, 5.41) is 9.75. The van der Waals surface area contributed by atoms with E-state index in [4.69, 9.17) is 0 Å². The van der Waals surface area contributed by atoms with Gasteiger partial charge in [-0.25, -0.2) is 0 Å². The highest BCUT2D eigenvalue weighted by atomic mass is 79.9. The minimum atomic E-state index is 0.0993. The Balaban J connectivity index is 3.49. The Kier molecular flexibility index (Phi) is 2.96. The van der Waals surface area contributed by atoms with E-state index in [1.165, 1.54) is 5.56 Å². The molecule has 1 aromatic carbocycles. The van der Waals surface area contributed by atoms with E-state index in [1.807, 2.05) is 19.9 Å². The molecule has 14 heavy (non-hydrogen) atoms. The fourth-order valence-corrected chi connectivity index (χ4v) is 2.39. The van der Waals surface area contributed by atoms with Crippen molar-refractivity contribution >= 4 is 15.9 Å². The SMILES string of the molecule is Cc1cc(C(C)(C)C)c(Br)c(C)c1O. The third kappa shape index (κ3) is 1.95. The molecule has 2 heteroatoms. The average molecular weight is 257 g/mol. The molecule has 1 nitrogen and oxygen atoms in total. The number of rotatable bonds is 0. The van der Waals surface area contributed by atoms with Gasteiger partial charge >= 0.3 is 0 Å². The Morgan fingerprint density at radius 2 is 1.71 bits per heavy atom. The highest BCUT2D eigenvalue weighted by molar-refractivity contribution is 9.10. The van der Waals surface area contributed by atoms with E-state index in [0.29, 0.717) is 5.75 Å². The van der Waals surface area contributed by atoms with Gasteiger partial charge in [0.15, 0.2) is 0 Å². The molecule has 0 saturated heterocycles. The van der Waals surface area contributed by atoms with E-state index in [-0.39, 0.29) is 5.41 Å². The molecule has 1 rings (SSSR count). The van der Waals surface area contributed by atoms with Crippen LogP contribution in [0.5, 0.6) is 5.75 Å². The van der Waals surface area contributed by atoms with Gasteiger partial charge in [0.05, 0.1) is 0 Å². The zero-order valence-corrected chi connectivity index (χ0v) is 11.0. The van der Waals surface area contributed by atoms with Crippen molar-refractivity contribution in [2.75, 3.05) is 0 Å². The molecule has 0 aliphatic heterocycles. The Morgan fingerprint density at radius 3 is 2.14 bits per heavy atom. The van der Waals surface area contributed by atoms with E-state index >= 15 is 0 Å². The minimum Gasteiger partial charge on any atom is -0.507 e. The summed E-state index contributed by atoms with van der Waals surface area (Å²) in [6.07, 6.45) is 0. The molecule has 0 unspecified atom stereocenters. The van der Waals surface area contributed by atoms with Crippen molar-refractivity contribution in [2.24, 2.45) is 0 Å². The van der Waals surface area contributed by atoms with Gasteiger partial charge in [0.1, 0.15) is 5.75 Å². The van der Waals surface area contributed by atoms with Crippen LogP contribution in [-0.4, -0.2) is 5.11 Å². The number of aromatic hydroxyl groups is 1. The molecule has 0 radical (unpaired) electrons. The molecule has 78 valence electrons. The maximum Gasteiger partial charge on any atom is 0.122 e. The summed E-state index contributed by atoms with van der Waals surface area (Å²) in [6, 6.07) is 2.05. The highest BCUT2D eigenvalue weighted by Gasteiger charge is 2.20. The van der Waals surface area contributed by atoms with Crippen LogP contribution in [-0.2, 0) is 5.41 Å². The van der Waals surface area contributed by atoms with Crippen LogP contribution in [0.1, 0.15) is 37.5 Å². The standard InChI is InChI=1S/C12H17BrO/c1-7-6-9(12(3,4)5)10(13)8(2)11(7)14/h6,14H,1-5H3. The second kappa shape index (κ2) is 3.58. The molecule has 0 aromatic heterocycles. The van der Waals surface area contributed by atoms with Crippen molar-refractivity contribution in [3.05, 3.63) is 27.2 Å². The highest BCUT2D eigenvalue weighted by Crippen LogP contribution is 2.37. The summed E-state index contributed by atoms with van der Waals surface area (Å²) < 4.78 is 1.02. The predicted molar refractivity (Wildman–Crippen MR) is 64.0 cm³/mol. The first-order chi connectivity index (χ1) is 6.25. The molecule has 0 bridgehead atoms. The molecular weight excluding hydrogens is 240 g/mol. The van der Waals surface area contributed by atoms with Crippen LogP contribution in [0, 0.1) is 13.8 Å². The van der Waals surface area contributed by atoms with Crippen LogP contribution in [0.2, 0.25) is 0 Å². The maximum atomic E-state index is 9.75. The summed E-state index contributed by atoms with van der Waals surface area (Å²) in [5.74, 6) is 0.393. The molecule has 0 heterocycles. The van der Waals surface area contributed by atoms with Gasteiger partial charge in [0.25, 0.3) is 0 Å². The van der Waals surface area contributed by atoms with Crippen LogP contribution in [0.4, 0.5) is 0 Å². The summed E-state index contributed by atoms with van der Waals surface area (Å²) in [4.78, 5) is 0. The minimum absolute atomic E-state index is 0.0993. The van der Waals surface area contributed by atoms with Gasteiger partial charge < -0.3 is 5.11 Å². The number of phenolic OH excluding ortho intramolecular Hbond substituents is 1. The summed E-state index contributed by atoms with van der Waals surface area (Å²) >= 11 is 3.54. The van der Waals surface area contributed by atoms with Crippen molar-refractivity contribution in [1.29, 1.82) is 0 Å². The first kappa shape index (κ1) is 11.6. The molecular formula is C12H17BrO. The monoisotopic (exact) mass is 256 g/mol. The lowest BCUT2D eigenvalue weighted by molar-refractivity contribution is 0.464. The van der Waals surface area contributed by atoms with Gasteiger partial charge in [0, 0.05) is 10.0 Å². The smallest absolute Gasteiger partial charge is 0.122 e. The fraction of sp³-hybridized carbons (Fsp3) is 0.500. The fourth-order valence-electron chi connectivity index (χ4n) is 1.50. The zero-order chi connectivity index (χ0) is 11.1. The summed E-state index contributed by atoms with van der Waals surface area (Å²) in [7, 11) is 0. The summed E-state index contributed by atoms with van der Waals surface area (Å²) in [5.41, 5.74) is 3.21. The first-order valence-electron chi connectivity index (χ1n) is 4.74. The van der Waals surface area contributed by atoms with E-state index in [9.17, 15) is 5.11 Å². The predicted octanol–water partition coefficient (Wildman–Crippen LogP) is 4.07. The molecule has 1 N–H and O–H groups in total. The molecule has 0 fully saturated rings. The van der Waals surface area contributed by atoms with Crippen molar-refractivity contribution in [3.8, 4) is 5.75 Å². The molecule has 0 saturated carbocycles. The molecule has 0 atom stereocenters. The zero-order valence-electron chi connectivity index (χ0n) is 9.40. The number of benzene rings is 1. The lowest BCUT2D eigenvalue weighted by Crippen LogP contribution is -2.13. The van der Waals surface area contributed by atoms with Crippen molar-refractivity contribution in [3.63, 3.8) is 0 Å². The lowest BCUT2D eigenvalue weighted by atomic mass is 9.85. The number of hydrogen-bond donors (Lipinski definition) is 1. The van der Waals surface area contributed by atoms with Crippen LogP contribution in [0.3, 0.4) is 0 Å². The molecule has 0 spiro atoms. The third-order valence-electron chi connectivity index (χ3n) is 2.46. The lowest BCUT2D eigenvalue weighted by Gasteiger charge is -2.23. The number of halogens is 1. The van der Waals surface area contributed by atoms with Gasteiger partial charge in [-0.2, -0.15) is 0 Å². The molecule has 0 aliphatic carbocycles. The van der Waals surface area contributed by atoms with Crippen molar-refractivity contribution in [2.45, 2.75) is 40.0 Å². The van der Waals surface area contributed by atoms with Gasteiger partial charge in [-0.05, 0) is 30.4 Å². The topological polar surface area (TPSA) is 20.2 Å². The Labute approximate surface area is 94.3 Å². The number of aryl methyl sites for hydroxylation is 1. The summed E-state index contributed by atoms with van der Waals surface area (Å²) in [6.45, 7) is 10.4. The van der Waals surface area contributed by atoms with Crippen LogP contribution < -0.4 is 0 Å². The van der Waals surface area contributed by atoms with Gasteiger partial charge in [-0.15, -0.1) is 0 Å². The van der Waals surface area contributed by atoms with Crippen molar-refractivity contribution in [1.82, 2.24) is 0 Å². The van der Waals surface area contributed by atoms with Gasteiger partial charge in [-0.3, -0.25) is 0 Å². The second-order valence-corrected chi connectivity index (χ2v) is 5.57. The second-order valence-electron chi connectivity index (χ2n) is 4.78. The van der Waals surface area contributed by atoms with E-state index in [2.05, 4.69) is 36.7 Å². The Hall–Kier alpha value is -0.500. The number of phenols is 1. The maximum absolute atomic E-state index is 9.75. The van der Waals surface area contributed by atoms with E-state index in [0.717, 1.165) is 15.6 Å². The Morgan fingerprint density at radius 1 is 1.21 bits per heavy atom. The molecule has 0 aliphatic rings. The average Bonchev–Trinajstić information content (AvgIpc) is 2.06. The van der Waals surface area contributed by atoms with E-state index < -0.39 is 0 Å². The van der Waals surface area contributed by atoms with Gasteiger partial charge in [0.2, 0.25) is 0 Å².